The highest BCUT2D eigenvalue weighted by Gasteiger charge is 2.45. The van der Waals surface area contributed by atoms with Crippen LogP contribution in [0, 0.1) is 11.6 Å². The van der Waals surface area contributed by atoms with Gasteiger partial charge in [0, 0.05) is 23.8 Å². The second-order valence-electron chi connectivity index (χ2n) is 8.59. The first kappa shape index (κ1) is 29.4. The number of rotatable bonds is 12. The van der Waals surface area contributed by atoms with Crippen molar-refractivity contribution in [1.82, 2.24) is 4.72 Å². The van der Waals surface area contributed by atoms with Crippen LogP contribution in [0.2, 0.25) is 0 Å². The molecule has 3 rings (SSSR count). The normalized spacial score (nSPS) is 14.3. The second-order valence-corrected chi connectivity index (χ2v) is 10.3. The summed E-state index contributed by atoms with van der Waals surface area (Å²) in [4.78, 5) is 0. The van der Waals surface area contributed by atoms with Gasteiger partial charge in [0.2, 0.25) is 0 Å². The molecular weight excluding hydrogens is 532 g/mol. The van der Waals surface area contributed by atoms with Gasteiger partial charge >= 0.3 is 12.5 Å². The van der Waals surface area contributed by atoms with Gasteiger partial charge in [-0.2, -0.15) is 17.6 Å². The Kier molecular flexibility index (Phi) is 9.40. The summed E-state index contributed by atoms with van der Waals surface area (Å²) in [5.41, 5.74) is -0.901. The molecule has 0 heterocycles. The SMILES string of the molecule is C=COc1cc([C@@](Cc2ccccc2)(N[S+]([O-])C(C)C)c2cc(F)cc(OC(F)(F)C(F)F)c2)ccc1F. The molecule has 3 aromatic carbocycles. The summed E-state index contributed by atoms with van der Waals surface area (Å²) < 4.78 is 108. The molecule has 2 atom stereocenters. The molecule has 0 bridgehead atoms. The lowest BCUT2D eigenvalue weighted by molar-refractivity contribution is -0.253. The maximum atomic E-state index is 14.8. The molecule has 0 aliphatic carbocycles. The summed E-state index contributed by atoms with van der Waals surface area (Å²) in [5.74, 6) is -2.98. The van der Waals surface area contributed by atoms with Crippen LogP contribution < -0.4 is 14.2 Å². The van der Waals surface area contributed by atoms with Crippen molar-refractivity contribution in [3.63, 3.8) is 0 Å². The van der Waals surface area contributed by atoms with Crippen LogP contribution in [-0.4, -0.2) is 22.3 Å². The van der Waals surface area contributed by atoms with E-state index in [-0.39, 0.29) is 23.3 Å². The predicted octanol–water partition coefficient (Wildman–Crippen LogP) is 6.87. The van der Waals surface area contributed by atoms with Crippen molar-refractivity contribution in [2.75, 3.05) is 0 Å². The first-order valence-corrected chi connectivity index (χ1v) is 12.5. The molecule has 0 spiro atoms. The third-order valence-electron chi connectivity index (χ3n) is 5.52. The maximum Gasteiger partial charge on any atom is 0.461 e. The number of hydrogen-bond donors (Lipinski definition) is 1. The summed E-state index contributed by atoms with van der Waals surface area (Å²) >= 11 is -1.81. The van der Waals surface area contributed by atoms with Gasteiger partial charge < -0.3 is 14.0 Å². The van der Waals surface area contributed by atoms with Crippen LogP contribution in [-0.2, 0) is 23.3 Å². The minimum atomic E-state index is -4.90. The van der Waals surface area contributed by atoms with Crippen molar-refractivity contribution in [2.45, 2.75) is 43.6 Å². The average Bonchev–Trinajstić information content (AvgIpc) is 2.84. The third kappa shape index (κ3) is 6.83. The number of nitrogens with one attached hydrogen (secondary N) is 1. The highest BCUT2D eigenvalue weighted by Crippen LogP contribution is 2.40. The molecule has 4 nitrogen and oxygen atoms in total. The molecule has 0 saturated carbocycles. The monoisotopic (exact) mass is 557 g/mol. The standard InChI is InChI=1S/C27H25F6NO3S/c1-4-36-24-14-19(10-11-23(24)29)26(34-38(35)17(2)3,16-18-8-6-5-7-9-18)20-12-21(28)15-22(13-20)37-27(32,33)25(30)31/h4-15,17,25,34H,1,16H2,2-3H3/t26-,38?/m1/s1. The fourth-order valence-electron chi connectivity index (χ4n) is 3.73. The molecule has 0 amide bonds. The van der Waals surface area contributed by atoms with Gasteiger partial charge in [-0.1, -0.05) is 43.0 Å². The Morgan fingerprint density at radius 1 is 1.00 bits per heavy atom. The average molecular weight is 558 g/mol. The lowest BCUT2D eigenvalue weighted by Crippen LogP contribution is -2.50. The molecule has 0 saturated heterocycles. The Morgan fingerprint density at radius 3 is 2.29 bits per heavy atom. The molecule has 0 aromatic heterocycles. The van der Waals surface area contributed by atoms with Gasteiger partial charge in [-0.15, -0.1) is 4.72 Å². The van der Waals surface area contributed by atoms with E-state index in [1.54, 1.807) is 44.2 Å². The Hall–Kier alpha value is -3.15. The van der Waals surface area contributed by atoms with E-state index >= 15 is 0 Å². The Morgan fingerprint density at radius 2 is 1.68 bits per heavy atom. The Labute approximate surface area is 219 Å². The highest BCUT2D eigenvalue weighted by atomic mass is 32.2. The molecule has 11 heteroatoms. The number of benzene rings is 3. The molecule has 0 radical (unpaired) electrons. The zero-order valence-corrected chi connectivity index (χ0v) is 21.2. The van der Waals surface area contributed by atoms with Crippen molar-refractivity contribution in [1.29, 1.82) is 0 Å². The van der Waals surface area contributed by atoms with Crippen LogP contribution in [0.4, 0.5) is 26.3 Å². The molecule has 38 heavy (non-hydrogen) atoms. The topological polar surface area (TPSA) is 53.5 Å². The number of halogens is 6. The van der Waals surface area contributed by atoms with E-state index in [9.17, 15) is 30.9 Å². The van der Waals surface area contributed by atoms with E-state index < -0.39 is 52.1 Å². The zero-order chi connectivity index (χ0) is 28.1. The van der Waals surface area contributed by atoms with Crippen molar-refractivity contribution in [2.24, 2.45) is 0 Å². The molecule has 0 aliphatic heterocycles. The molecule has 0 fully saturated rings. The van der Waals surface area contributed by atoms with Gasteiger partial charge in [0.15, 0.2) is 11.6 Å². The molecule has 1 N–H and O–H groups in total. The lowest BCUT2D eigenvalue weighted by Gasteiger charge is -2.37. The van der Waals surface area contributed by atoms with E-state index in [0.29, 0.717) is 11.6 Å². The summed E-state index contributed by atoms with van der Waals surface area (Å²) in [6.07, 6.45) is -8.13. The van der Waals surface area contributed by atoms with Gasteiger partial charge in [0.1, 0.15) is 22.4 Å². The van der Waals surface area contributed by atoms with Crippen LogP contribution in [0.1, 0.15) is 30.5 Å². The fraction of sp³-hybridized carbons (Fsp3) is 0.259. The van der Waals surface area contributed by atoms with Gasteiger partial charge in [0.25, 0.3) is 0 Å². The highest BCUT2D eigenvalue weighted by molar-refractivity contribution is 7.90. The molecular formula is C27H25F6NO3S. The van der Waals surface area contributed by atoms with Gasteiger partial charge in [-0.3, -0.25) is 0 Å². The number of hydrogen-bond acceptors (Lipinski definition) is 4. The van der Waals surface area contributed by atoms with E-state index in [4.69, 9.17) is 4.74 Å². The van der Waals surface area contributed by atoms with Crippen molar-refractivity contribution < 1.29 is 40.4 Å². The summed E-state index contributed by atoms with van der Waals surface area (Å²) in [5, 5.41) is -0.470. The summed E-state index contributed by atoms with van der Waals surface area (Å²) in [6.45, 7) is 6.71. The zero-order valence-electron chi connectivity index (χ0n) is 20.4. The van der Waals surface area contributed by atoms with Crippen molar-refractivity contribution in [3.05, 3.63) is 108 Å². The second kappa shape index (κ2) is 12.1. The van der Waals surface area contributed by atoms with Gasteiger partial charge in [0.05, 0.1) is 6.26 Å². The number of ether oxygens (including phenoxy) is 2. The van der Waals surface area contributed by atoms with E-state index in [0.717, 1.165) is 24.5 Å². The van der Waals surface area contributed by atoms with E-state index in [1.807, 2.05) is 0 Å². The largest absolute Gasteiger partial charge is 0.598 e. The van der Waals surface area contributed by atoms with Crippen molar-refractivity contribution in [3.8, 4) is 11.5 Å². The quantitative estimate of drug-likeness (QED) is 0.150. The van der Waals surface area contributed by atoms with E-state index in [1.165, 1.54) is 12.1 Å². The van der Waals surface area contributed by atoms with Crippen LogP contribution in [0.5, 0.6) is 11.5 Å². The lowest BCUT2D eigenvalue weighted by atomic mass is 9.78. The van der Waals surface area contributed by atoms with Crippen LogP contribution in [0.3, 0.4) is 0 Å². The minimum absolute atomic E-state index is 0.0421. The molecule has 1 unspecified atom stereocenters. The smallest absolute Gasteiger partial charge is 0.461 e. The van der Waals surface area contributed by atoms with Crippen LogP contribution in [0.25, 0.3) is 0 Å². The summed E-state index contributed by atoms with van der Waals surface area (Å²) in [7, 11) is 0. The predicted molar refractivity (Wildman–Crippen MR) is 133 cm³/mol. The Bertz CT molecular complexity index is 1240. The Balaban J connectivity index is 2.33. The van der Waals surface area contributed by atoms with Gasteiger partial charge in [-0.05, 0) is 54.8 Å². The molecule has 3 aromatic rings. The van der Waals surface area contributed by atoms with Crippen LogP contribution in [0.15, 0.2) is 79.6 Å². The van der Waals surface area contributed by atoms with Crippen molar-refractivity contribution >= 4 is 11.4 Å². The van der Waals surface area contributed by atoms with Crippen LogP contribution >= 0.6 is 0 Å². The maximum absolute atomic E-state index is 14.8. The first-order valence-electron chi connectivity index (χ1n) is 11.3. The minimum Gasteiger partial charge on any atom is -0.598 e. The number of alkyl halides is 4. The molecule has 0 aliphatic rings. The summed E-state index contributed by atoms with van der Waals surface area (Å²) in [6, 6.07) is 14.8. The third-order valence-corrected chi connectivity index (χ3v) is 6.93. The first-order chi connectivity index (χ1) is 17.9. The van der Waals surface area contributed by atoms with Gasteiger partial charge in [-0.25, -0.2) is 8.78 Å². The van der Waals surface area contributed by atoms with E-state index in [2.05, 4.69) is 16.0 Å². The molecule has 204 valence electrons. The fourth-order valence-corrected chi connectivity index (χ4v) is 4.62.